The molecule has 0 aromatic heterocycles. The summed E-state index contributed by atoms with van der Waals surface area (Å²) in [5.41, 5.74) is 6.61. The molecule has 0 saturated heterocycles. The van der Waals surface area contributed by atoms with Crippen LogP contribution in [-0.2, 0) is 22.6 Å². The van der Waals surface area contributed by atoms with Gasteiger partial charge in [0.05, 0.1) is 0 Å². The van der Waals surface area contributed by atoms with Gasteiger partial charge in [-0.15, -0.1) is 0 Å². The van der Waals surface area contributed by atoms with Gasteiger partial charge < -0.3 is 9.84 Å². The van der Waals surface area contributed by atoms with E-state index in [9.17, 15) is 9.90 Å². The smallest absolute Gasteiger partial charge is 0.333 e. The molecule has 1 aliphatic carbocycles. The molecule has 0 aliphatic heterocycles. The minimum absolute atomic E-state index is 0.0735. The zero-order valence-corrected chi connectivity index (χ0v) is 24.8. The lowest BCUT2D eigenvalue weighted by Gasteiger charge is -2.29. The Morgan fingerprint density at radius 1 is 0.902 bits per heavy atom. The van der Waals surface area contributed by atoms with Crippen LogP contribution in [0.25, 0.3) is 22.3 Å². The average molecular weight is 557 g/mol. The van der Waals surface area contributed by atoms with Crippen LogP contribution in [0, 0.1) is 11.7 Å². The van der Waals surface area contributed by atoms with Gasteiger partial charge in [0.25, 0.3) is 0 Å². The molecule has 0 unspecified atom stereocenters. The second kappa shape index (κ2) is 15.1. The second-order valence-corrected chi connectivity index (χ2v) is 11.7. The predicted octanol–water partition coefficient (Wildman–Crippen LogP) is 9.56. The number of aliphatic hydroxyl groups excluding tert-OH is 1. The van der Waals surface area contributed by atoms with Gasteiger partial charge in [-0.3, -0.25) is 0 Å². The molecular weight excluding hydrogens is 511 g/mol. The highest BCUT2D eigenvalue weighted by molar-refractivity contribution is 5.87. The van der Waals surface area contributed by atoms with Crippen molar-refractivity contribution in [3.05, 3.63) is 95.3 Å². The second-order valence-electron chi connectivity index (χ2n) is 11.7. The van der Waals surface area contributed by atoms with E-state index >= 15 is 4.39 Å². The fraction of sp³-hybridized carbons (Fsp3) is 0.432. The predicted molar refractivity (Wildman–Crippen MR) is 166 cm³/mol. The van der Waals surface area contributed by atoms with Crippen molar-refractivity contribution >= 4 is 5.97 Å². The number of hydrogen-bond donors (Lipinski definition) is 1. The number of benzene rings is 3. The van der Waals surface area contributed by atoms with Gasteiger partial charge in [0.15, 0.2) is 0 Å². The van der Waals surface area contributed by atoms with Crippen molar-refractivity contribution in [2.75, 3.05) is 6.61 Å². The van der Waals surface area contributed by atoms with Gasteiger partial charge in [-0.05, 0) is 103 Å². The highest BCUT2D eigenvalue weighted by atomic mass is 19.1. The van der Waals surface area contributed by atoms with Gasteiger partial charge in [0.2, 0.25) is 0 Å². The highest BCUT2D eigenvalue weighted by Gasteiger charge is 2.22. The standard InChI is InChI=1S/C37H45FO3/c1-4-5-6-8-27-10-12-29(13-11-27)30-14-16-31(17-15-30)32-20-21-35(36(38)24-32)33-19-18-28(9-7-22-39)34(23-33)25-41-37(40)26(2)3/h14-21,23-24,27,29,39H,2,4-13,22,25H2,1,3H3. The number of rotatable bonds is 13. The van der Waals surface area contributed by atoms with Crippen molar-refractivity contribution in [3.63, 3.8) is 0 Å². The van der Waals surface area contributed by atoms with E-state index in [1.54, 1.807) is 13.0 Å². The highest BCUT2D eigenvalue weighted by Crippen LogP contribution is 2.38. The van der Waals surface area contributed by atoms with Crippen molar-refractivity contribution < 1.29 is 19.0 Å². The number of unbranched alkanes of at least 4 members (excludes halogenated alkanes) is 2. The first-order valence-electron chi connectivity index (χ1n) is 15.3. The third-order valence-corrected chi connectivity index (χ3v) is 8.58. The summed E-state index contributed by atoms with van der Waals surface area (Å²) in [6.45, 7) is 7.66. The quantitative estimate of drug-likeness (QED) is 0.130. The first kappa shape index (κ1) is 30.7. The van der Waals surface area contributed by atoms with Crippen LogP contribution in [0.5, 0.6) is 0 Å². The summed E-state index contributed by atoms with van der Waals surface area (Å²) >= 11 is 0. The number of carbonyl (C=O) groups is 1. The molecule has 0 atom stereocenters. The minimum Gasteiger partial charge on any atom is -0.457 e. The first-order valence-corrected chi connectivity index (χ1v) is 15.3. The van der Waals surface area contributed by atoms with Crippen LogP contribution in [0.2, 0.25) is 0 Å². The zero-order valence-electron chi connectivity index (χ0n) is 24.8. The Kier molecular flexibility index (Phi) is 11.3. The van der Waals surface area contributed by atoms with Crippen LogP contribution in [0.1, 0.15) is 94.2 Å². The van der Waals surface area contributed by atoms with Crippen molar-refractivity contribution in [2.45, 2.75) is 90.6 Å². The van der Waals surface area contributed by atoms with E-state index in [1.807, 2.05) is 30.3 Å². The largest absolute Gasteiger partial charge is 0.457 e. The van der Waals surface area contributed by atoms with Crippen molar-refractivity contribution in [2.24, 2.45) is 5.92 Å². The number of hydrogen-bond acceptors (Lipinski definition) is 3. The molecule has 1 fully saturated rings. The molecule has 3 aromatic carbocycles. The van der Waals surface area contributed by atoms with E-state index in [-0.39, 0.29) is 19.0 Å². The molecule has 0 spiro atoms. The number of aryl methyl sites for hydroxylation is 1. The molecule has 1 N–H and O–H groups in total. The Morgan fingerprint density at radius 3 is 2.27 bits per heavy atom. The van der Waals surface area contributed by atoms with E-state index in [2.05, 4.69) is 37.8 Å². The van der Waals surface area contributed by atoms with Crippen molar-refractivity contribution in [1.29, 1.82) is 0 Å². The van der Waals surface area contributed by atoms with E-state index in [0.717, 1.165) is 33.7 Å². The van der Waals surface area contributed by atoms with E-state index in [4.69, 9.17) is 4.74 Å². The molecule has 4 rings (SSSR count). The lowest BCUT2D eigenvalue weighted by atomic mass is 9.77. The van der Waals surface area contributed by atoms with Crippen LogP contribution in [-0.4, -0.2) is 17.7 Å². The molecule has 3 aromatic rings. The summed E-state index contributed by atoms with van der Waals surface area (Å²) in [6, 6.07) is 19.8. The van der Waals surface area contributed by atoms with E-state index in [0.29, 0.717) is 29.9 Å². The normalized spacial score (nSPS) is 16.9. The topological polar surface area (TPSA) is 46.5 Å². The summed E-state index contributed by atoms with van der Waals surface area (Å²) in [5, 5.41) is 9.28. The molecule has 0 bridgehead atoms. The maximum Gasteiger partial charge on any atom is 0.333 e. The van der Waals surface area contributed by atoms with Gasteiger partial charge in [0, 0.05) is 17.7 Å². The summed E-state index contributed by atoms with van der Waals surface area (Å²) in [4.78, 5) is 12.0. The summed E-state index contributed by atoms with van der Waals surface area (Å²) in [7, 11) is 0. The third kappa shape index (κ3) is 8.39. The lowest BCUT2D eigenvalue weighted by molar-refractivity contribution is -0.140. The van der Waals surface area contributed by atoms with Gasteiger partial charge >= 0.3 is 5.97 Å². The molecule has 1 saturated carbocycles. The minimum atomic E-state index is -0.458. The molecule has 218 valence electrons. The number of ether oxygens (including phenoxy) is 1. The summed E-state index contributed by atoms with van der Waals surface area (Å²) < 4.78 is 20.9. The molecule has 0 amide bonds. The van der Waals surface area contributed by atoms with Gasteiger partial charge in [-0.1, -0.05) is 87.7 Å². The Hall–Kier alpha value is -3.24. The maximum absolute atomic E-state index is 15.5. The van der Waals surface area contributed by atoms with Crippen LogP contribution < -0.4 is 0 Å². The molecule has 0 heterocycles. The number of esters is 1. The van der Waals surface area contributed by atoms with Crippen LogP contribution in [0.15, 0.2) is 72.8 Å². The molecule has 4 heteroatoms. The number of aliphatic hydroxyl groups is 1. The molecule has 3 nitrogen and oxygen atoms in total. The van der Waals surface area contributed by atoms with Crippen molar-refractivity contribution in [3.8, 4) is 22.3 Å². The number of halogens is 1. The lowest BCUT2D eigenvalue weighted by Crippen LogP contribution is -2.13. The molecule has 1 aliphatic rings. The fourth-order valence-corrected chi connectivity index (χ4v) is 6.05. The zero-order chi connectivity index (χ0) is 29.2. The van der Waals surface area contributed by atoms with E-state index in [1.165, 1.54) is 56.9 Å². The Bertz CT molecular complexity index is 1300. The van der Waals surface area contributed by atoms with E-state index < -0.39 is 5.97 Å². The van der Waals surface area contributed by atoms with Crippen LogP contribution in [0.3, 0.4) is 0 Å². The van der Waals surface area contributed by atoms with Gasteiger partial charge in [-0.25, -0.2) is 9.18 Å². The van der Waals surface area contributed by atoms with Crippen LogP contribution in [0.4, 0.5) is 4.39 Å². The maximum atomic E-state index is 15.5. The molecular formula is C37H45FO3. The van der Waals surface area contributed by atoms with Crippen LogP contribution >= 0.6 is 0 Å². The fourth-order valence-electron chi connectivity index (χ4n) is 6.05. The molecule has 0 radical (unpaired) electrons. The Balaban J connectivity index is 1.45. The van der Waals surface area contributed by atoms with Gasteiger partial charge in [-0.2, -0.15) is 0 Å². The van der Waals surface area contributed by atoms with Gasteiger partial charge in [0.1, 0.15) is 12.4 Å². The summed E-state index contributed by atoms with van der Waals surface area (Å²) in [6.07, 6.45) is 11.9. The van der Waals surface area contributed by atoms with Crippen molar-refractivity contribution in [1.82, 2.24) is 0 Å². The Labute approximate surface area is 245 Å². The SMILES string of the molecule is C=C(C)C(=O)OCc1cc(-c2ccc(-c3ccc(C4CCC(CCCCC)CC4)cc3)cc2F)ccc1CCCO. The molecule has 41 heavy (non-hydrogen) atoms. The number of carbonyl (C=O) groups excluding carboxylic acids is 1. The average Bonchev–Trinajstić information content (AvgIpc) is 2.99. The summed E-state index contributed by atoms with van der Waals surface area (Å²) in [5.74, 6) is 0.786. The first-order chi connectivity index (χ1) is 19.9. The monoisotopic (exact) mass is 556 g/mol. The third-order valence-electron chi connectivity index (χ3n) is 8.58. The Morgan fingerprint density at radius 2 is 1.61 bits per heavy atom.